The van der Waals surface area contributed by atoms with Crippen LogP contribution >= 0.6 is 0 Å². The summed E-state index contributed by atoms with van der Waals surface area (Å²) >= 11 is 0. The highest BCUT2D eigenvalue weighted by Crippen LogP contribution is 2.15. The van der Waals surface area contributed by atoms with Crippen molar-refractivity contribution in [1.82, 2.24) is 9.80 Å². The standard InChI is InChI=1S/C20H21F2N3O3/c21-18-6-1-15(13-19(18)22)14-24-11-9-23(10-12-24)8-7-20(26)16-2-4-17(5-3-16)25(27)28/h1-6,13H,7-12,14H2. The molecule has 1 fully saturated rings. The van der Waals surface area contributed by atoms with Crippen molar-refractivity contribution in [3.63, 3.8) is 0 Å². The van der Waals surface area contributed by atoms with Crippen molar-refractivity contribution in [1.29, 1.82) is 0 Å². The largest absolute Gasteiger partial charge is 0.300 e. The lowest BCUT2D eigenvalue weighted by Gasteiger charge is -2.34. The molecular formula is C20H21F2N3O3. The number of carbonyl (C=O) groups is 1. The molecule has 0 aliphatic carbocycles. The Morgan fingerprint density at radius 2 is 1.61 bits per heavy atom. The quantitative estimate of drug-likeness (QED) is 0.413. The molecule has 0 radical (unpaired) electrons. The van der Waals surface area contributed by atoms with Crippen LogP contribution in [0.25, 0.3) is 0 Å². The molecular weight excluding hydrogens is 368 g/mol. The van der Waals surface area contributed by atoms with Crippen molar-refractivity contribution in [3.8, 4) is 0 Å². The first-order valence-corrected chi connectivity index (χ1v) is 9.08. The van der Waals surface area contributed by atoms with Crippen LogP contribution in [-0.2, 0) is 6.54 Å². The number of carbonyl (C=O) groups excluding carboxylic acids is 1. The lowest BCUT2D eigenvalue weighted by Crippen LogP contribution is -2.46. The summed E-state index contributed by atoms with van der Waals surface area (Å²) in [4.78, 5) is 26.8. The SMILES string of the molecule is O=C(CCN1CCN(Cc2ccc(F)c(F)c2)CC1)c1ccc([N+](=O)[O-])cc1. The third-order valence-corrected chi connectivity index (χ3v) is 4.91. The Morgan fingerprint density at radius 1 is 0.964 bits per heavy atom. The fourth-order valence-electron chi connectivity index (χ4n) is 3.24. The topological polar surface area (TPSA) is 66.7 Å². The summed E-state index contributed by atoms with van der Waals surface area (Å²) in [5.74, 6) is -1.72. The van der Waals surface area contributed by atoms with Crippen LogP contribution in [0.2, 0.25) is 0 Å². The summed E-state index contributed by atoms with van der Waals surface area (Å²) in [5.41, 5.74) is 1.18. The molecule has 6 nitrogen and oxygen atoms in total. The minimum Gasteiger partial charge on any atom is -0.300 e. The monoisotopic (exact) mass is 389 g/mol. The van der Waals surface area contributed by atoms with Gasteiger partial charge in [0.1, 0.15) is 0 Å². The van der Waals surface area contributed by atoms with Gasteiger partial charge in [-0.2, -0.15) is 0 Å². The highest BCUT2D eigenvalue weighted by atomic mass is 19.2. The van der Waals surface area contributed by atoms with Gasteiger partial charge in [0.15, 0.2) is 17.4 Å². The number of hydrogen-bond acceptors (Lipinski definition) is 5. The molecule has 0 amide bonds. The average molecular weight is 389 g/mol. The number of halogens is 2. The van der Waals surface area contributed by atoms with Gasteiger partial charge in [-0.15, -0.1) is 0 Å². The van der Waals surface area contributed by atoms with Crippen molar-refractivity contribution in [3.05, 3.63) is 75.3 Å². The maximum Gasteiger partial charge on any atom is 0.269 e. The molecule has 0 spiro atoms. The van der Waals surface area contributed by atoms with Crippen molar-refractivity contribution in [2.75, 3.05) is 32.7 Å². The molecule has 2 aromatic carbocycles. The van der Waals surface area contributed by atoms with Crippen LogP contribution in [0.5, 0.6) is 0 Å². The van der Waals surface area contributed by atoms with E-state index in [1.54, 1.807) is 6.07 Å². The maximum atomic E-state index is 13.3. The molecule has 148 valence electrons. The number of benzene rings is 2. The summed E-state index contributed by atoms with van der Waals surface area (Å²) in [6.45, 7) is 4.32. The Morgan fingerprint density at radius 3 is 2.21 bits per heavy atom. The van der Waals surface area contributed by atoms with Crippen LogP contribution in [0.3, 0.4) is 0 Å². The Labute approximate surface area is 161 Å². The van der Waals surface area contributed by atoms with E-state index in [1.165, 1.54) is 30.3 Å². The predicted octanol–water partition coefficient (Wildman–Crippen LogP) is 3.26. The van der Waals surface area contributed by atoms with Gasteiger partial charge in [0, 0.05) is 63.4 Å². The fourth-order valence-corrected chi connectivity index (χ4v) is 3.24. The Hall–Kier alpha value is -2.71. The minimum atomic E-state index is -0.841. The van der Waals surface area contributed by atoms with E-state index in [4.69, 9.17) is 0 Å². The number of hydrogen-bond donors (Lipinski definition) is 0. The Kier molecular flexibility index (Phi) is 6.43. The molecule has 3 rings (SSSR count). The lowest BCUT2D eigenvalue weighted by atomic mass is 10.1. The third kappa shape index (κ3) is 5.17. The predicted molar refractivity (Wildman–Crippen MR) is 100 cm³/mol. The van der Waals surface area contributed by atoms with Crippen molar-refractivity contribution in [2.24, 2.45) is 0 Å². The van der Waals surface area contributed by atoms with E-state index in [-0.39, 0.29) is 11.5 Å². The molecule has 0 atom stereocenters. The highest BCUT2D eigenvalue weighted by Gasteiger charge is 2.18. The number of rotatable bonds is 7. The van der Waals surface area contributed by atoms with Gasteiger partial charge in [-0.3, -0.25) is 19.8 Å². The van der Waals surface area contributed by atoms with Crippen LogP contribution in [-0.4, -0.2) is 53.2 Å². The van der Waals surface area contributed by atoms with Gasteiger partial charge in [0.2, 0.25) is 0 Å². The normalized spacial score (nSPS) is 15.5. The lowest BCUT2D eigenvalue weighted by molar-refractivity contribution is -0.384. The molecule has 0 unspecified atom stereocenters. The van der Waals surface area contributed by atoms with Gasteiger partial charge < -0.3 is 4.90 Å². The van der Waals surface area contributed by atoms with E-state index in [9.17, 15) is 23.7 Å². The first-order valence-electron chi connectivity index (χ1n) is 9.08. The number of nitrogens with zero attached hydrogens (tertiary/aromatic N) is 3. The number of non-ortho nitro benzene ring substituents is 1. The number of piperazine rings is 1. The van der Waals surface area contributed by atoms with Crippen molar-refractivity contribution in [2.45, 2.75) is 13.0 Å². The molecule has 0 bridgehead atoms. The highest BCUT2D eigenvalue weighted by molar-refractivity contribution is 5.96. The van der Waals surface area contributed by atoms with Crippen LogP contribution in [0.4, 0.5) is 14.5 Å². The van der Waals surface area contributed by atoms with E-state index >= 15 is 0 Å². The number of ketones is 1. The van der Waals surface area contributed by atoms with Gasteiger partial charge in [0.25, 0.3) is 5.69 Å². The number of nitro benzene ring substituents is 1. The van der Waals surface area contributed by atoms with Crippen LogP contribution in [0.1, 0.15) is 22.3 Å². The zero-order valence-electron chi connectivity index (χ0n) is 15.3. The molecule has 0 saturated carbocycles. The molecule has 1 saturated heterocycles. The number of nitro groups is 1. The fraction of sp³-hybridized carbons (Fsp3) is 0.350. The third-order valence-electron chi connectivity index (χ3n) is 4.91. The second-order valence-corrected chi connectivity index (χ2v) is 6.84. The van der Waals surface area contributed by atoms with Crippen LogP contribution < -0.4 is 0 Å². The van der Waals surface area contributed by atoms with Gasteiger partial charge in [-0.25, -0.2) is 8.78 Å². The van der Waals surface area contributed by atoms with Crippen molar-refractivity contribution < 1.29 is 18.5 Å². The summed E-state index contributed by atoms with van der Waals surface area (Å²) in [7, 11) is 0. The average Bonchev–Trinajstić information content (AvgIpc) is 2.70. The molecule has 1 heterocycles. The van der Waals surface area contributed by atoms with E-state index in [0.29, 0.717) is 25.1 Å². The zero-order chi connectivity index (χ0) is 20.1. The van der Waals surface area contributed by atoms with Crippen molar-refractivity contribution >= 4 is 11.5 Å². The molecule has 0 N–H and O–H groups in total. The Balaban J connectivity index is 1.43. The maximum absolute atomic E-state index is 13.3. The smallest absolute Gasteiger partial charge is 0.269 e. The molecule has 28 heavy (non-hydrogen) atoms. The van der Waals surface area contributed by atoms with Gasteiger partial charge >= 0.3 is 0 Å². The zero-order valence-corrected chi connectivity index (χ0v) is 15.3. The van der Waals surface area contributed by atoms with E-state index in [2.05, 4.69) is 9.80 Å². The second kappa shape index (κ2) is 8.99. The van der Waals surface area contributed by atoms with Gasteiger partial charge in [0.05, 0.1) is 4.92 Å². The summed E-state index contributed by atoms with van der Waals surface area (Å²) < 4.78 is 26.3. The first kappa shape index (κ1) is 20.0. The summed E-state index contributed by atoms with van der Waals surface area (Å²) in [6, 6.07) is 9.61. The summed E-state index contributed by atoms with van der Waals surface area (Å²) in [6.07, 6.45) is 0.348. The molecule has 8 heteroatoms. The van der Waals surface area contributed by atoms with E-state index < -0.39 is 16.6 Å². The molecule has 1 aliphatic rings. The first-order chi connectivity index (χ1) is 13.4. The van der Waals surface area contributed by atoms with Crippen LogP contribution in [0.15, 0.2) is 42.5 Å². The summed E-state index contributed by atoms with van der Waals surface area (Å²) in [5, 5.41) is 10.7. The van der Waals surface area contributed by atoms with E-state index in [1.807, 2.05) is 0 Å². The van der Waals surface area contributed by atoms with E-state index in [0.717, 1.165) is 37.8 Å². The molecule has 2 aromatic rings. The van der Waals surface area contributed by atoms with Gasteiger partial charge in [-0.1, -0.05) is 6.07 Å². The molecule has 1 aliphatic heterocycles. The second-order valence-electron chi connectivity index (χ2n) is 6.84. The van der Waals surface area contributed by atoms with Crippen LogP contribution in [0, 0.1) is 21.7 Å². The van der Waals surface area contributed by atoms with Gasteiger partial charge in [-0.05, 0) is 29.8 Å². The minimum absolute atomic E-state index is 0.0336. The molecule has 0 aromatic heterocycles. The number of Topliss-reactive ketones (excluding diaryl/α,β-unsaturated/α-hetero) is 1. The Bertz CT molecular complexity index is 850.